The van der Waals surface area contributed by atoms with E-state index in [2.05, 4.69) is 32.4 Å². The summed E-state index contributed by atoms with van der Waals surface area (Å²) in [6.07, 6.45) is 2.27. The van der Waals surface area contributed by atoms with E-state index >= 15 is 0 Å². The molecule has 1 aliphatic heterocycles. The van der Waals surface area contributed by atoms with Crippen LogP contribution in [-0.2, 0) is 13.1 Å². The quantitative estimate of drug-likeness (QED) is 0.771. The number of nitrogens with one attached hydrogen (secondary N) is 1. The van der Waals surface area contributed by atoms with Crippen LogP contribution in [0.2, 0.25) is 0 Å². The first kappa shape index (κ1) is 10.3. The monoisotopic (exact) mass is 234 g/mol. The summed E-state index contributed by atoms with van der Waals surface area (Å²) >= 11 is 0. The number of rotatable bonds is 1. The van der Waals surface area contributed by atoms with Gasteiger partial charge in [-0.2, -0.15) is 0 Å². The minimum Gasteiger partial charge on any atom is -0.306 e. The summed E-state index contributed by atoms with van der Waals surface area (Å²) < 4.78 is 14.7. The molecule has 7 heteroatoms. The zero-order valence-electron chi connectivity index (χ0n) is 9.26. The van der Waals surface area contributed by atoms with Crippen LogP contribution in [0.25, 0.3) is 11.6 Å². The molecule has 0 aliphatic carbocycles. The van der Waals surface area contributed by atoms with E-state index in [0.717, 1.165) is 24.8 Å². The summed E-state index contributed by atoms with van der Waals surface area (Å²) in [5.74, 6) is 1.39. The molecule has 0 amide bonds. The lowest BCUT2D eigenvalue weighted by Crippen LogP contribution is -2.36. The van der Waals surface area contributed by atoms with Gasteiger partial charge in [0.25, 0.3) is 0 Å². The van der Waals surface area contributed by atoms with Gasteiger partial charge in [-0.1, -0.05) is 0 Å². The second-order valence-corrected chi connectivity index (χ2v) is 4.06. The second kappa shape index (κ2) is 3.85. The number of halogens is 1. The normalized spacial score (nSPS) is 19.1. The van der Waals surface area contributed by atoms with Gasteiger partial charge in [-0.05, 0) is 6.92 Å². The lowest BCUT2D eigenvalue weighted by molar-refractivity contribution is 0.411. The third kappa shape index (κ3) is 1.78. The van der Waals surface area contributed by atoms with Gasteiger partial charge >= 0.3 is 0 Å². The lowest BCUT2D eigenvalue weighted by Gasteiger charge is -2.21. The van der Waals surface area contributed by atoms with Gasteiger partial charge in [-0.25, -0.2) is 14.4 Å². The first-order chi connectivity index (χ1) is 8.24. The Morgan fingerprint density at radius 2 is 2.12 bits per heavy atom. The van der Waals surface area contributed by atoms with Gasteiger partial charge in [-0.15, -0.1) is 10.2 Å². The van der Waals surface area contributed by atoms with Gasteiger partial charge < -0.3 is 9.88 Å². The molecule has 1 atom stereocenters. The van der Waals surface area contributed by atoms with Gasteiger partial charge in [0.1, 0.15) is 5.82 Å². The maximum atomic E-state index is 12.8. The van der Waals surface area contributed by atoms with E-state index in [4.69, 9.17) is 0 Å². The van der Waals surface area contributed by atoms with Crippen LogP contribution < -0.4 is 5.32 Å². The molecule has 88 valence electrons. The van der Waals surface area contributed by atoms with E-state index < -0.39 is 5.82 Å². The molecule has 0 saturated carbocycles. The molecule has 3 heterocycles. The van der Waals surface area contributed by atoms with Crippen molar-refractivity contribution < 1.29 is 4.39 Å². The maximum absolute atomic E-state index is 12.8. The number of fused-ring (bicyclic) bond motifs is 1. The molecule has 3 rings (SSSR count). The highest BCUT2D eigenvalue weighted by Gasteiger charge is 2.21. The third-order valence-corrected chi connectivity index (χ3v) is 2.71. The number of nitrogens with zero attached hydrogens (tertiary/aromatic N) is 5. The van der Waals surface area contributed by atoms with Crippen molar-refractivity contribution in [3.8, 4) is 11.6 Å². The Hall–Kier alpha value is -1.89. The Morgan fingerprint density at radius 3 is 2.88 bits per heavy atom. The fourth-order valence-electron chi connectivity index (χ4n) is 1.86. The summed E-state index contributed by atoms with van der Waals surface area (Å²) in [4.78, 5) is 7.85. The molecule has 0 spiro atoms. The number of hydrogen-bond acceptors (Lipinski definition) is 5. The Bertz CT molecular complexity index is 534. The molecule has 0 aromatic carbocycles. The van der Waals surface area contributed by atoms with Crippen LogP contribution in [0, 0.1) is 5.82 Å². The zero-order chi connectivity index (χ0) is 11.8. The smallest absolute Gasteiger partial charge is 0.201 e. The Kier molecular flexibility index (Phi) is 2.32. The van der Waals surface area contributed by atoms with E-state index in [9.17, 15) is 4.39 Å². The van der Waals surface area contributed by atoms with E-state index in [1.54, 1.807) is 0 Å². The fourth-order valence-corrected chi connectivity index (χ4v) is 1.86. The molecule has 1 N–H and O–H groups in total. The molecule has 6 nitrogen and oxygen atoms in total. The van der Waals surface area contributed by atoms with Crippen molar-refractivity contribution in [3.05, 3.63) is 24.0 Å². The zero-order valence-corrected chi connectivity index (χ0v) is 9.26. The van der Waals surface area contributed by atoms with Crippen molar-refractivity contribution >= 4 is 0 Å². The molecule has 17 heavy (non-hydrogen) atoms. The van der Waals surface area contributed by atoms with Crippen molar-refractivity contribution in [1.29, 1.82) is 0 Å². The summed E-state index contributed by atoms with van der Waals surface area (Å²) in [5.41, 5.74) is 0. The molecule has 0 unspecified atom stereocenters. The topological polar surface area (TPSA) is 68.5 Å². The summed E-state index contributed by atoms with van der Waals surface area (Å²) in [5, 5.41) is 11.4. The summed E-state index contributed by atoms with van der Waals surface area (Å²) in [7, 11) is 0. The van der Waals surface area contributed by atoms with Crippen LogP contribution >= 0.6 is 0 Å². The van der Waals surface area contributed by atoms with Gasteiger partial charge in [0.05, 0.1) is 18.9 Å². The van der Waals surface area contributed by atoms with Crippen LogP contribution in [0.1, 0.15) is 12.7 Å². The highest BCUT2D eigenvalue weighted by Crippen LogP contribution is 2.16. The summed E-state index contributed by atoms with van der Waals surface area (Å²) in [6.45, 7) is 3.52. The minimum absolute atomic E-state index is 0.345. The average Bonchev–Trinajstić information content (AvgIpc) is 2.73. The average molecular weight is 234 g/mol. The minimum atomic E-state index is -0.456. The van der Waals surface area contributed by atoms with Gasteiger partial charge in [-0.3, -0.25) is 0 Å². The van der Waals surface area contributed by atoms with E-state index in [0.29, 0.717) is 24.2 Å². The van der Waals surface area contributed by atoms with Crippen LogP contribution in [0.4, 0.5) is 4.39 Å². The number of hydrogen-bond donors (Lipinski definition) is 1. The molecule has 1 aliphatic rings. The molecule has 0 fully saturated rings. The fraction of sp³-hybridized carbons (Fsp3) is 0.400. The molecular weight excluding hydrogens is 223 g/mol. The Balaban J connectivity index is 2.04. The van der Waals surface area contributed by atoms with Crippen molar-refractivity contribution in [2.75, 3.05) is 0 Å². The van der Waals surface area contributed by atoms with Crippen molar-refractivity contribution in [2.24, 2.45) is 0 Å². The summed E-state index contributed by atoms with van der Waals surface area (Å²) in [6, 6.07) is 0.345. The van der Waals surface area contributed by atoms with Crippen LogP contribution in [0.3, 0.4) is 0 Å². The Morgan fingerprint density at radius 1 is 1.35 bits per heavy atom. The molecule has 0 radical (unpaired) electrons. The molecule has 0 saturated heterocycles. The predicted molar refractivity (Wildman–Crippen MR) is 57.3 cm³/mol. The van der Waals surface area contributed by atoms with Crippen LogP contribution in [-0.4, -0.2) is 30.8 Å². The van der Waals surface area contributed by atoms with Crippen molar-refractivity contribution in [1.82, 2.24) is 30.0 Å². The van der Waals surface area contributed by atoms with E-state index in [1.165, 1.54) is 0 Å². The van der Waals surface area contributed by atoms with Crippen LogP contribution in [0.15, 0.2) is 12.4 Å². The Labute approximate surface area is 96.9 Å². The van der Waals surface area contributed by atoms with Gasteiger partial charge in [0, 0.05) is 12.6 Å². The van der Waals surface area contributed by atoms with Gasteiger partial charge in [0.2, 0.25) is 5.82 Å². The highest BCUT2D eigenvalue weighted by molar-refractivity contribution is 5.43. The largest absolute Gasteiger partial charge is 0.306 e. The molecule has 0 bridgehead atoms. The first-order valence-electron chi connectivity index (χ1n) is 5.37. The lowest BCUT2D eigenvalue weighted by atomic mass is 10.2. The maximum Gasteiger partial charge on any atom is 0.201 e. The van der Waals surface area contributed by atoms with E-state index in [1.807, 2.05) is 4.57 Å². The van der Waals surface area contributed by atoms with E-state index in [-0.39, 0.29) is 0 Å². The molecule has 2 aromatic heterocycles. The van der Waals surface area contributed by atoms with Gasteiger partial charge in [0.15, 0.2) is 11.6 Å². The van der Waals surface area contributed by atoms with Crippen molar-refractivity contribution in [3.63, 3.8) is 0 Å². The highest BCUT2D eigenvalue weighted by atomic mass is 19.1. The predicted octanol–water partition coefficient (Wildman–Crippen LogP) is 0.366. The molecular formula is C10H11FN6. The molecule has 2 aromatic rings. The SMILES string of the molecule is C[C@H]1Cn2c(nnc2-c2ncc(F)cn2)CN1. The second-order valence-electron chi connectivity index (χ2n) is 4.06. The number of aromatic nitrogens is 5. The van der Waals surface area contributed by atoms with Crippen molar-refractivity contribution in [2.45, 2.75) is 26.1 Å². The van der Waals surface area contributed by atoms with Crippen LogP contribution in [0.5, 0.6) is 0 Å². The standard InChI is InChI=1S/C10H11FN6/c1-6-5-17-8(4-12-6)15-16-10(17)9-13-2-7(11)3-14-9/h2-3,6,12H,4-5H2,1H3/t6-/m0/s1. The third-order valence-electron chi connectivity index (χ3n) is 2.71. The first-order valence-corrected chi connectivity index (χ1v) is 5.37.